The summed E-state index contributed by atoms with van der Waals surface area (Å²) < 4.78 is 10.6. The van der Waals surface area contributed by atoms with E-state index in [0.717, 1.165) is 12.8 Å². The van der Waals surface area contributed by atoms with E-state index in [1.54, 1.807) is 0 Å². The zero-order valence-corrected chi connectivity index (χ0v) is 16.9. The third-order valence-electron chi connectivity index (χ3n) is 4.10. The van der Waals surface area contributed by atoms with Gasteiger partial charge in [0.15, 0.2) is 0 Å². The number of amides is 1. The molecule has 0 radical (unpaired) electrons. The van der Waals surface area contributed by atoms with Gasteiger partial charge in [-0.15, -0.1) is 0 Å². The molecule has 11 nitrogen and oxygen atoms in total. The molecule has 174 valence electrons. The topological polar surface area (TPSA) is 181 Å². The fourth-order valence-electron chi connectivity index (χ4n) is 2.33. The fraction of sp³-hybridized carbons (Fsp3) is 0.944. The third kappa shape index (κ3) is 15.6. The van der Waals surface area contributed by atoms with Gasteiger partial charge in [-0.3, -0.25) is 4.79 Å². The van der Waals surface area contributed by atoms with E-state index < -0.39 is 31.0 Å². The molecule has 0 heterocycles. The fourth-order valence-corrected chi connectivity index (χ4v) is 2.33. The lowest BCUT2D eigenvalue weighted by Gasteiger charge is -2.25. The van der Waals surface area contributed by atoms with Gasteiger partial charge in [-0.1, -0.05) is 6.42 Å². The van der Waals surface area contributed by atoms with Crippen LogP contribution in [0.2, 0.25) is 0 Å². The number of carbonyl (C=O) groups excluding carboxylic acids is 1. The number of unbranched alkanes of at least 4 members (excludes halogenated alkanes) is 2. The maximum absolute atomic E-state index is 11.5. The van der Waals surface area contributed by atoms with Gasteiger partial charge in [0.1, 0.15) is 18.3 Å². The summed E-state index contributed by atoms with van der Waals surface area (Å²) in [6, 6.07) is 0. The van der Waals surface area contributed by atoms with Crippen molar-refractivity contribution in [1.29, 1.82) is 0 Å². The van der Waals surface area contributed by atoms with Crippen molar-refractivity contribution in [3.63, 3.8) is 0 Å². The van der Waals surface area contributed by atoms with Crippen molar-refractivity contribution < 1.29 is 44.9 Å². The van der Waals surface area contributed by atoms with E-state index >= 15 is 0 Å². The quantitative estimate of drug-likeness (QED) is 0.0919. The first-order valence-corrected chi connectivity index (χ1v) is 10.0. The molecule has 0 aromatic carbocycles. The van der Waals surface area contributed by atoms with E-state index in [0.29, 0.717) is 52.4 Å². The zero-order valence-electron chi connectivity index (χ0n) is 16.9. The molecular weight excluding hydrogens is 388 g/mol. The van der Waals surface area contributed by atoms with Crippen molar-refractivity contribution in [3.8, 4) is 0 Å². The molecule has 0 saturated heterocycles. The predicted octanol–water partition coefficient (Wildman–Crippen LogP) is -3.29. The standard InChI is InChI=1S/C18H38N2O9/c21-7-3-1-2-4-16(25)20-6-9-29-11-10-28-8-5-19-12-14(23)17(26)18(27)15(24)13-22/h14-15,17-19,21-24,26-27H,1-13H2,(H,20,25)/t14-,15-,17+,18-/m0/s1. The number of aliphatic hydroxyl groups is 6. The predicted molar refractivity (Wildman–Crippen MR) is 104 cm³/mol. The highest BCUT2D eigenvalue weighted by molar-refractivity contribution is 5.75. The van der Waals surface area contributed by atoms with Crippen LogP contribution in [-0.2, 0) is 14.3 Å². The average Bonchev–Trinajstić information content (AvgIpc) is 2.73. The molecule has 0 aliphatic rings. The molecule has 4 atom stereocenters. The third-order valence-corrected chi connectivity index (χ3v) is 4.10. The second-order valence-corrected chi connectivity index (χ2v) is 6.61. The summed E-state index contributed by atoms with van der Waals surface area (Å²) >= 11 is 0. The van der Waals surface area contributed by atoms with E-state index in [2.05, 4.69) is 10.6 Å². The summed E-state index contributed by atoms with van der Waals surface area (Å²) in [5.41, 5.74) is 0. The van der Waals surface area contributed by atoms with Crippen LogP contribution in [0.15, 0.2) is 0 Å². The minimum absolute atomic E-state index is 0.0179. The van der Waals surface area contributed by atoms with Crippen LogP contribution in [0.3, 0.4) is 0 Å². The van der Waals surface area contributed by atoms with Crippen LogP contribution in [0.25, 0.3) is 0 Å². The van der Waals surface area contributed by atoms with E-state index in [4.69, 9.17) is 19.7 Å². The molecule has 0 bridgehead atoms. The molecular formula is C18H38N2O9. The van der Waals surface area contributed by atoms with Gasteiger partial charge in [0.05, 0.1) is 39.1 Å². The van der Waals surface area contributed by atoms with E-state index in [9.17, 15) is 25.2 Å². The molecule has 0 aromatic rings. The van der Waals surface area contributed by atoms with Crippen molar-refractivity contribution in [2.45, 2.75) is 50.1 Å². The van der Waals surface area contributed by atoms with Crippen molar-refractivity contribution in [3.05, 3.63) is 0 Å². The molecule has 0 aliphatic carbocycles. The van der Waals surface area contributed by atoms with Gasteiger partial charge < -0.3 is 50.7 Å². The van der Waals surface area contributed by atoms with Crippen molar-refractivity contribution >= 4 is 5.91 Å². The SMILES string of the molecule is O=C(CCCCCO)NCCOCCOCCNC[C@H](O)[C@@H](O)[C@@H](O)[C@@H](O)CO. The lowest BCUT2D eigenvalue weighted by atomic mass is 10.0. The van der Waals surface area contributed by atoms with Gasteiger partial charge in [0.25, 0.3) is 0 Å². The van der Waals surface area contributed by atoms with Crippen LogP contribution in [0.4, 0.5) is 0 Å². The normalized spacial score (nSPS) is 15.7. The van der Waals surface area contributed by atoms with Crippen molar-refractivity contribution in [1.82, 2.24) is 10.6 Å². The summed E-state index contributed by atoms with van der Waals surface area (Å²) in [6.07, 6.45) is -3.29. The molecule has 0 unspecified atom stereocenters. The number of hydrogen-bond acceptors (Lipinski definition) is 10. The highest BCUT2D eigenvalue weighted by atomic mass is 16.5. The van der Waals surface area contributed by atoms with E-state index in [1.807, 2.05) is 0 Å². The summed E-state index contributed by atoms with van der Waals surface area (Å²) in [5.74, 6) is -0.0282. The van der Waals surface area contributed by atoms with Gasteiger partial charge in [-0.25, -0.2) is 0 Å². The molecule has 0 saturated carbocycles. The van der Waals surface area contributed by atoms with Crippen molar-refractivity contribution in [2.75, 3.05) is 59.3 Å². The molecule has 1 amide bonds. The largest absolute Gasteiger partial charge is 0.396 e. The van der Waals surface area contributed by atoms with Gasteiger partial charge in [0, 0.05) is 32.7 Å². The Morgan fingerprint density at radius 3 is 2.03 bits per heavy atom. The first-order valence-electron chi connectivity index (χ1n) is 10.0. The van der Waals surface area contributed by atoms with E-state index in [1.165, 1.54) is 0 Å². The maximum Gasteiger partial charge on any atom is 0.220 e. The Labute approximate surface area is 171 Å². The molecule has 0 aliphatic heterocycles. The Balaban J connectivity index is 3.44. The highest BCUT2D eigenvalue weighted by Crippen LogP contribution is 2.04. The van der Waals surface area contributed by atoms with Gasteiger partial charge >= 0.3 is 0 Å². The Hall–Kier alpha value is -0.890. The van der Waals surface area contributed by atoms with Crippen LogP contribution in [-0.4, -0.2) is 120 Å². The van der Waals surface area contributed by atoms with Crippen molar-refractivity contribution in [2.24, 2.45) is 0 Å². The first kappa shape index (κ1) is 28.1. The Bertz CT molecular complexity index is 390. The number of aliphatic hydroxyl groups excluding tert-OH is 6. The monoisotopic (exact) mass is 426 g/mol. The summed E-state index contributed by atoms with van der Waals surface area (Å²) in [5, 5.41) is 61.0. The second kappa shape index (κ2) is 19.1. The molecule has 0 aromatic heterocycles. The van der Waals surface area contributed by atoms with Crippen LogP contribution in [0, 0.1) is 0 Å². The van der Waals surface area contributed by atoms with Crippen LogP contribution >= 0.6 is 0 Å². The number of rotatable bonds is 20. The lowest BCUT2D eigenvalue weighted by molar-refractivity contribution is -0.121. The summed E-state index contributed by atoms with van der Waals surface area (Å²) in [6.45, 7) is 1.71. The van der Waals surface area contributed by atoms with Gasteiger partial charge in [-0.2, -0.15) is 0 Å². The minimum atomic E-state index is -1.64. The first-order chi connectivity index (χ1) is 13.9. The zero-order chi connectivity index (χ0) is 21.9. The molecule has 0 rings (SSSR count). The van der Waals surface area contributed by atoms with Gasteiger partial charge in [0.2, 0.25) is 5.91 Å². The average molecular weight is 427 g/mol. The Morgan fingerprint density at radius 1 is 0.793 bits per heavy atom. The highest BCUT2D eigenvalue weighted by Gasteiger charge is 2.29. The Kier molecular flexibility index (Phi) is 18.5. The molecule has 0 spiro atoms. The maximum atomic E-state index is 11.5. The molecule has 11 heteroatoms. The summed E-state index contributed by atoms with van der Waals surface area (Å²) in [4.78, 5) is 11.5. The number of carbonyl (C=O) groups is 1. The number of ether oxygens (including phenoxy) is 2. The lowest BCUT2D eigenvalue weighted by Crippen LogP contribution is -2.49. The molecule has 29 heavy (non-hydrogen) atoms. The van der Waals surface area contributed by atoms with Crippen LogP contribution < -0.4 is 10.6 Å². The van der Waals surface area contributed by atoms with Gasteiger partial charge in [-0.05, 0) is 12.8 Å². The minimum Gasteiger partial charge on any atom is -0.396 e. The summed E-state index contributed by atoms with van der Waals surface area (Å²) in [7, 11) is 0. The molecule has 8 N–H and O–H groups in total. The Morgan fingerprint density at radius 2 is 1.41 bits per heavy atom. The van der Waals surface area contributed by atoms with Crippen LogP contribution in [0.1, 0.15) is 25.7 Å². The number of nitrogens with one attached hydrogen (secondary N) is 2. The molecule has 0 fully saturated rings. The second-order valence-electron chi connectivity index (χ2n) is 6.61. The van der Waals surface area contributed by atoms with E-state index in [-0.39, 0.29) is 19.1 Å². The van der Waals surface area contributed by atoms with Crippen LogP contribution in [0.5, 0.6) is 0 Å². The number of hydrogen-bond donors (Lipinski definition) is 8. The smallest absolute Gasteiger partial charge is 0.220 e.